The molecule has 2 aromatic carbocycles. The summed E-state index contributed by atoms with van der Waals surface area (Å²) in [7, 11) is 5.40. The first-order chi connectivity index (χ1) is 16.1. The van der Waals surface area contributed by atoms with E-state index in [0.717, 1.165) is 41.0 Å². The third kappa shape index (κ3) is 4.05. The predicted molar refractivity (Wildman–Crippen MR) is 129 cm³/mol. The Morgan fingerprint density at radius 3 is 2.88 bits per heavy atom. The molecule has 4 aromatic rings. The van der Waals surface area contributed by atoms with Gasteiger partial charge in [-0.2, -0.15) is 0 Å². The third-order valence-electron chi connectivity index (χ3n) is 6.36. The van der Waals surface area contributed by atoms with Crippen molar-refractivity contribution in [3.05, 3.63) is 71.5 Å². The highest BCUT2D eigenvalue weighted by Crippen LogP contribution is 2.29. The van der Waals surface area contributed by atoms with Crippen LogP contribution in [0.4, 0.5) is 0 Å². The zero-order chi connectivity index (χ0) is 22.9. The summed E-state index contributed by atoms with van der Waals surface area (Å²) in [6.45, 7) is 3.00. The standard InChI is InChI=1S/C26H28N4O3/c1-27-26(31)21-13-23(28-22-7-5-4-6-20(21)22)25-16-30(10-11-33-25)15-17-14-29(2)24-12-18(32-3)8-9-19(17)24/h4-9,12-14,25H,10-11,15-16H2,1-3H3,(H,27,31)/t25-/m0/s1. The van der Waals surface area contributed by atoms with Crippen LogP contribution in [0.5, 0.6) is 5.75 Å². The molecule has 3 heterocycles. The van der Waals surface area contributed by atoms with Crippen molar-refractivity contribution in [1.29, 1.82) is 0 Å². The Morgan fingerprint density at radius 2 is 2.06 bits per heavy atom. The van der Waals surface area contributed by atoms with Crippen LogP contribution in [0.1, 0.15) is 27.7 Å². The molecule has 1 atom stereocenters. The topological polar surface area (TPSA) is 68.6 Å². The maximum absolute atomic E-state index is 12.5. The molecule has 33 heavy (non-hydrogen) atoms. The SMILES string of the molecule is CNC(=O)c1cc([C@@H]2CN(Cc3cn(C)c4cc(OC)ccc34)CCO2)nc2ccccc12. The summed E-state index contributed by atoms with van der Waals surface area (Å²) in [5.41, 5.74) is 4.65. The van der Waals surface area contributed by atoms with E-state index in [1.165, 1.54) is 10.9 Å². The van der Waals surface area contributed by atoms with Crippen molar-refractivity contribution in [3.8, 4) is 5.75 Å². The van der Waals surface area contributed by atoms with E-state index in [4.69, 9.17) is 14.5 Å². The molecular formula is C26H28N4O3. The van der Waals surface area contributed by atoms with Crippen molar-refractivity contribution in [2.45, 2.75) is 12.6 Å². The molecule has 1 aliphatic rings. The maximum Gasteiger partial charge on any atom is 0.251 e. The normalized spacial score (nSPS) is 16.9. The summed E-state index contributed by atoms with van der Waals surface area (Å²) in [5.74, 6) is 0.740. The fraction of sp³-hybridized carbons (Fsp3) is 0.308. The van der Waals surface area contributed by atoms with Gasteiger partial charge in [0.2, 0.25) is 0 Å². The number of morpholine rings is 1. The highest BCUT2D eigenvalue weighted by molar-refractivity contribution is 6.06. The van der Waals surface area contributed by atoms with E-state index >= 15 is 0 Å². The van der Waals surface area contributed by atoms with Gasteiger partial charge in [0.15, 0.2) is 0 Å². The van der Waals surface area contributed by atoms with Gasteiger partial charge in [0.05, 0.1) is 36.0 Å². The molecule has 2 aromatic heterocycles. The Morgan fingerprint density at radius 1 is 1.21 bits per heavy atom. The van der Waals surface area contributed by atoms with Crippen LogP contribution in [0.25, 0.3) is 21.8 Å². The Balaban J connectivity index is 1.42. The van der Waals surface area contributed by atoms with Crippen LogP contribution in [0.15, 0.2) is 54.7 Å². The summed E-state index contributed by atoms with van der Waals surface area (Å²) < 4.78 is 13.6. The second-order valence-corrected chi connectivity index (χ2v) is 8.43. The second kappa shape index (κ2) is 8.84. The second-order valence-electron chi connectivity index (χ2n) is 8.43. The molecule has 0 aliphatic carbocycles. The van der Waals surface area contributed by atoms with Crippen molar-refractivity contribution in [2.75, 3.05) is 33.9 Å². The van der Waals surface area contributed by atoms with E-state index in [1.807, 2.05) is 36.4 Å². The lowest BCUT2D eigenvalue weighted by Gasteiger charge is -2.32. The summed E-state index contributed by atoms with van der Waals surface area (Å²) in [6.07, 6.45) is 1.99. The molecule has 0 spiro atoms. The van der Waals surface area contributed by atoms with Crippen molar-refractivity contribution in [1.82, 2.24) is 19.8 Å². The Kier molecular flexibility index (Phi) is 5.74. The van der Waals surface area contributed by atoms with Crippen molar-refractivity contribution < 1.29 is 14.3 Å². The Labute approximate surface area is 192 Å². The monoisotopic (exact) mass is 444 g/mol. The zero-order valence-electron chi connectivity index (χ0n) is 19.2. The lowest BCUT2D eigenvalue weighted by Crippen LogP contribution is -2.38. The number of amides is 1. The van der Waals surface area contributed by atoms with Crippen LogP contribution in [-0.4, -0.2) is 54.2 Å². The zero-order valence-corrected chi connectivity index (χ0v) is 19.2. The first-order valence-electron chi connectivity index (χ1n) is 11.1. The molecule has 0 bridgehead atoms. The number of fused-ring (bicyclic) bond motifs is 2. The molecule has 0 saturated carbocycles. The number of rotatable bonds is 5. The molecule has 7 heteroatoms. The first kappa shape index (κ1) is 21.4. The smallest absolute Gasteiger partial charge is 0.251 e. The Bertz CT molecular complexity index is 1330. The number of ether oxygens (including phenoxy) is 2. The van der Waals surface area contributed by atoms with E-state index in [1.54, 1.807) is 14.2 Å². The maximum atomic E-state index is 12.5. The van der Waals surface area contributed by atoms with Crippen LogP contribution in [0.3, 0.4) is 0 Å². The number of carbonyl (C=O) groups excluding carboxylic acids is 1. The number of benzene rings is 2. The highest BCUT2D eigenvalue weighted by Gasteiger charge is 2.26. The minimum absolute atomic E-state index is 0.117. The van der Waals surface area contributed by atoms with Gasteiger partial charge >= 0.3 is 0 Å². The van der Waals surface area contributed by atoms with E-state index in [2.05, 4.69) is 40.2 Å². The summed E-state index contributed by atoms with van der Waals surface area (Å²) in [6, 6.07) is 15.8. The van der Waals surface area contributed by atoms with Crippen molar-refractivity contribution in [2.24, 2.45) is 7.05 Å². The van der Waals surface area contributed by atoms with Gasteiger partial charge in [-0.3, -0.25) is 9.69 Å². The molecule has 1 amide bonds. The van der Waals surface area contributed by atoms with Crippen LogP contribution < -0.4 is 10.1 Å². The molecule has 7 nitrogen and oxygen atoms in total. The van der Waals surface area contributed by atoms with E-state index in [-0.39, 0.29) is 12.0 Å². The largest absolute Gasteiger partial charge is 0.497 e. The van der Waals surface area contributed by atoms with E-state index in [9.17, 15) is 4.79 Å². The molecule has 1 N–H and O–H groups in total. The van der Waals surface area contributed by atoms with Gasteiger partial charge in [0.1, 0.15) is 11.9 Å². The molecule has 1 aliphatic heterocycles. The molecule has 170 valence electrons. The van der Waals surface area contributed by atoms with Crippen molar-refractivity contribution >= 4 is 27.7 Å². The number of pyridine rings is 1. The van der Waals surface area contributed by atoms with Crippen LogP contribution in [0.2, 0.25) is 0 Å². The van der Waals surface area contributed by atoms with Gasteiger partial charge in [-0.05, 0) is 29.8 Å². The lowest BCUT2D eigenvalue weighted by atomic mass is 10.0. The highest BCUT2D eigenvalue weighted by atomic mass is 16.5. The summed E-state index contributed by atoms with van der Waals surface area (Å²) >= 11 is 0. The number of hydrogen-bond donors (Lipinski definition) is 1. The fourth-order valence-electron chi connectivity index (χ4n) is 4.65. The minimum atomic E-state index is -0.193. The number of nitrogens with one attached hydrogen (secondary N) is 1. The van der Waals surface area contributed by atoms with Gasteiger partial charge in [0, 0.05) is 56.8 Å². The van der Waals surface area contributed by atoms with E-state index < -0.39 is 0 Å². The number of carbonyl (C=O) groups is 1. The molecular weight excluding hydrogens is 416 g/mol. The minimum Gasteiger partial charge on any atom is -0.497 e. The third-order valence-corrected chi connectivity index (χ3v) is 6.36. The lowest BCUT2D eigenvalue weighted by molar-refractivity contribution is -0.0347. The Hall–Kier alpha value is -3.42. The van der Waals surface area contributed by atoms with Gasteiger partial charge in [-0.1, -0.05) is 18.2 Å². The van der Waals surface area contributed by atoms with Crippen LogP contribution in [0, 0.1) is 0 Å². The molecule has 1 fully saturated rings. The van der Waals surface area contributed by atoms with Crippen molar-refractivity contribution in [3.63, 3.8) is 0 Å². The average molecular weight is 445 g/mol. The fourth-order valence-corrected chi connectivity index (χ4v) is 4.65. The van der Waals surface area contributed by atoms with Crippen LogP contribution in [-0.2, 0) is 18.3 Å². The first-order valence-corrected chi connectivity index (χ1v) is 11.1. The van der Waals surface area contributed by atoms with Gasteiger partial charge < -0.3 is 19.4 Å². The number of aromatic nitrogens is 2. The van der Waals surface area contributed by atoms with Crippen LogP contribution >= 0.6 is 0 Å². The molecule has 5 rings (SSSR count). The summed E-state index contributed by atoms with van der Waals surface area (Å²) in [5, 5.41) is 4.82. The number of para-hydroxylation sites is 1. The quantitative estimate of drug-likeness (QED) is 0.509. The van der Waals surface area contributed by atoms with Gasteiger partial charge in [0.25, 0.3) is 5.91 Å². The van der Waals surface area contributed by atoms with Gasteiger partial charge in [-0.25, -0.2) is 4.98 Å². The van der Waals surface area contributed by atoms with E-state index in [0.29, 0.717) is 18.7 Å². The summed E-state index contributed by atoms with van der Waals surface area (Å²) in [4.78, 5) is 19.8. The van der Waals surface area contributed by atoms with Gasteiger partial charge in [-0.15, -0.1) is 0 Å². The molecule has 0 unspecified atom stereocenters. The predicted octanol–water partition coefficient (Wildman–Crippen LogP) is 3.67. The number of methoxy groups -OCH3 is 1. The molecule has 0 radical (unpaired) electrons. The number of nitrogens with zero attached hydrogens (tertiary/aromatic N) is 3. The average Bonchev–Trinajstić information content (AvgIpc) is 3.17. The molecule has 1 saturated heterocycles. The number of hydrogen-bond acceptors (Lipinski definition) is 5. The number of aryl methyl sites for hydroxylation is 1.